The molecule has 1 aliphatic carbocycles. The van der Waals surface area contributed by atoms with Crippen molar-refractivity contribution >= 4 is 17.7 Å². The van der Waals surface area contributed by atoms with Gasteiger partial charge in [0.25, 0.3) is 0 Å². The molecule has 0 bridgehead atoms. The summed E-state index contributed by atoms with van der Waals surface area (Å²) in [7, 11) is 1.32. The Morgan fingerprint density at radius 2 is 1.69 bits per heavy atom. The molecule has 1 saturated carbocycles. The van der Waals surface area contributed by atoms with Gasteiger partial charge in [0.1, 0.15) is 6.04 Å². The molecule has 1 fully saturated rings. The van der Waals surface area contributed by atoms with Crippen molar-refractivity contribution in [1.82, 2.24) is 4.90 Å². The highest BCUT2D eigenvalue weighted by Gasteiger charge is 2.37. The number of carbonyl (C=O) groups is 3. The van der Waals surface area contributed by atoms with Gasteiger partial charge in [0, 0.05) is 11.5 Å². The first kappa shape index (κ1) is 20.1. The minimum absolute atomic E-state index is 0.0990. The Labute approximate surface area is 155 Å². The monoisotopic (exact) mass is 359 g/mol. The topological polar surface area (TPSA) is 63.7 Å². The van der Waals surface area contributed by atoms with Crippen molar-refractivity contribution in [3.8, 4) is 0 Å². The maximum absolute atomic E-state index is 13.2. The first-order valence-electron chi connectivity index (χ1n) is 9.42. The summed E-state index contributed by atoms with van der Waals surface area (Å²) in [6, 6.07) is 8.14. The number of methoxy groups -OCH3 is 1. The average Bonchev–Trinajstić information content (AvgIpc) is 2.67. The second-order valence-electron chi connectivity index (χ2n) is 7.30. The minimum Gasteiger partial charge on any atom is -0.467 e. The Morgan fingerprint density at radius 3 is 2.23 bits per heavy atom. The van der Waals surface area contributed by atoms with Crippen LogP contribution >= 0.6 is 0 Å². The minimum atomic E-state index is -0.748. The number of nitrogens with zero attached hydrogens (tertiary/aromatic N) is 1. The van der Waals surface area contributed by atoms with Gasteiger partial charge in [0.05, 0.1) is 13.7 Å². The summed E-state index contributed by atoms with van der Waals surface area (Å²) in [5, 5.41) is 0. The molecule has 0 radical (unpaired) electrons. The van der Waals surface area contributed by atoms with Crippen LogP contribution in [0.1, 0.15) is 56.3 Å². The van der Waals surface area contributed by atoms with Crippen LogP contribution in [0.25, 0.3) is 0 Å². The lowest BCUT2D eigenvalue weighted by Crippen LogP contribution is -2.52. The van der Waals surface area contributed by atoms with Gasteiger partial charge in [-0.05, 0) is 18.8 Å². The van der Waals surface area contributed by atoms with Gasteiger partial charge in [-0.1, -0.05) is 63.4 Å². The Morgan fingerprint density at radius 1 is 1.08 bits per heavy atom. The van der Waals surface area contributed by atoms with E-state index in [0.717, 1.165) is 32.1 Å². The van der Waals surface area contributed by atoms with Crippen LogP contribution in [0, 0.1) is 11.8 Å². The van der Waals surface area contributed by atoms with Crippen molar-refractivity contribution in [3.05, 3.63) is 35.9 Å². The van der Waals surface area contributed by atoms with Crippen molar-refractivity contribution in [3.63, 3.8) is 0 Å². The Kier molecular flexibility index (Phi) is 7.37. The maximum atomic E-state index is 13.2. The molecule has 2 rings (SSSR count). The molecule has 1 aromatic rings. The predicted octanol–water partition coefficient (Wildman–Crippen LogP) is 3.48. The van der Waals surface area contributed by atoms with Crippen molar-refractivity contribution in [2.24, 2.45) is 11.8 Å². The highest BCUT2D eigenvalue weighted by Crippen LogP contribution is 2.27. The summed E-state index contributed by atoms with van der Waals surface area (Å²) >= 11 is 0. The normalized spacial score (nSPS) is 16.2. The second-order valence-corrected chi connectivity index (χ2v) is 7.30. The molecule has 1 aliphatic rings. The highest BCUT2D eigenvalue weighted by molar-refractivity contribution is 6.00. The number of amides is 1. The lowest BCUT2D eigenvalue weighted by Gasteiger charge is -2.35. The van der Waals surface area contributed by atoms with Gasteiger partial charge in [-0.2, -0.15) is 0 Å². The zero-order valence-electron chi connectivity index (χ0n) is 15.9. The van der Waals surface area contributed by atoms with E-state index in [1.54, 1.807) is 24.3 Å². The van der Waals surface area contributed by atoms with E-state index < -0.39 is 12.0 Å². The van der Waals surface area contributed by atoms with Gasteiger partial charge in [0.15, 0.2) is 5.78 Å². The number of hydrogen-bond donors (Lipinski definition) is 0. The third-order valence-electron chi connectivity index (χ3n) is 5.06. The van der Waals surface area contributed by atoms with Crippen LogP contribution in [0.3, 0.4) is 0 Å². The first-order chi connectivity index (χ1) is 12.5. The van der Waals surface area contributed by atoms with E-state index in [2.05, 4.69) is 0 Å². The molecule has 0 N–H and O–H groups in total. The number of ether oxygens (including phenoxy) is 1. The van der Waals surface area contributed by atoms with Crippen LogP contribution in [0.2, 0.25) is 0 Å². The number of hydrogen-bond acceptors (Lipinski definition) is 4. The van der Waals surface area contributed by atoms with Crippen molar-refractivity contribution < 1.29 is 19.1 Å². The van der Waals surface area contributed by atoms with E-state index in [1.165, 1.54) is 12.0 Å². The van der Waals surface area contributed by atoms with Crippen molar-refractivity contribution in [2.45, 2.75) is 52.0 Å². The molecule has 0 aliphatic heterocycles. The van der Waals surface area contributed by atoms with Crippen LogP contribution in [-0.4, -0.2) is 42.3 Å². The van der Waals surface area contributed by atoms with E-state index >= 15 is 0 Å². The molecule has 1 atom stereocenters. The first-order valence-corrected chi connectivity index (χ1v) is 9.42. The zero-order chi connectivity index (χ0) is 19.1. The van der Waals surface area contributed by atoms with Crippen LogP contribution < -0.4 is 0 Å². The Hall–Kier alpha value is -2.17. The summed E-state index contributed by atoms with van der Waals surface area (Å²) in [5.41, 5.74) is 0.543. The molecule has 1 unspecified atom stereocenters. The molecule has 1 amide bonds. The number of benzene rings is 1. The summed E-state index contributed by atoms with van der Waals surface area (Å²) < 4.78 is 4.94. The molecule has 0 heterocycles. The second kappa shape index (κ2) is 9.51. The van der Waals surface area contributed by atoms with E-state index in [-0.39, 0.29) is 30.1 Å². The molecular formula is C21H29NO4. The quantitative estimate of drug-likeness (QED) is 0.552. The van der Waals surface area contributed by atoms with Crippen LogP contribution in [0.5, 0.6) is 0 Å². The molecule has 26 heavy (non-hydrogen) atoms. The fourth-order valence-corrected chi connectivity index (χ4v) is 3.65. The van der Waals surface area contributed by atoms with E-state index in [4.69, 9.17) is 4.74 Å². The number of carbonyl (C=O) groups excluding carboxylic acids is 3. The smallest absolute Gasteiger partial charge is 0.328 e. The van der Waals surface area contributed by atoms with Gasteiger partial charge in [0.2, 0.25) is 5.91 Å². The molecule has 0 aromatic heterocycles. The highest BCUT2D eigenvalue weighted by atomic mass is 16.5. The molecule has 5 nitrogen and oxygen atoms in total. The maximum Gasteiger partial charge on any atom is 0.328 e. The fraction of sp³-hybridized carbons (Fsp3) is 0.571. The van der Waals surface area contributed by atoms with Crippen molar-refractivity contribution in [1.29, 1.82) is 0 Å². The summed E-state index contributed by atoms with van der Waals surface area (Å²) in [5.74, 6) is -0.982. The summed E-state index contributed by atoms with van der Waals surface area (Å²) in [6.45, 7) is 3.64. The number of ketones is 1. The van der Waals surface area contributed by atoms with E-state index in [0.29, 0.717) is 5.56 Å². The van der Waals surface area contributed by atoms with Gasteiger partial charge in [-0.25, -0.2) is 4.79 Å². The molecule has 1 aromatic carbocycles. The molecule has 0 saturated heterocycles. The van der Waals surface area contributed by atoms with Crippen LogP contribution in [0.15, 0.2) is 30.3 Å². The van der Waals surface area contributed by atoms with E-state index in [9.17, 15) is 14.4 Å². The number of esters is 1. The van der Waals surface area contributed by atoms with E-state index in [1.807, 2.05) is 19.9 Å². The molecule has 5 heteroatoms. The lowest BCUT2D eigenvalue weighted by atomic mass is 9.87. The standard InChI is InChI=1S/C21H29NO4/c1-15(2)19(21(25)26-3)22(20(24)17-12-8-5-9-13-17)14-18(23)16-10-6-4-7-11-16/h4,6-7,10-11,15,17,19H,5,8-9,12-14H2,1-3H3. The van der Waals surface area contributed by atoms with Gasteiger partial charge < -0.3 is 9.64 Å². The van der Waals surface area contributed by atoms with Gasteiger partial charge in [-0.15, -0.1) is 0 Å². The molecular weight excluding hydrogens is 330 g/mol. The van der Waals surface area contributed by atoms with Gasteiger partial charge in [-0.3, -0.25) is 9.59 Å². The fourth-order valence-electron chi connectivity index (χ4n) is 3.65. The van der Waals surface area contributed by atoms with Crippen LogP contribution in [0.4, 0.5) is 0 Å². The predicted molar refractivity (Wildman–Crippen MR) is 99.7 cm³/mol. The summed E-state index contributed by atoms with van der Waals surface area (Å²) in [6.07, 6.45) is 4.81. The zero-order valence-corrected chi connectivity index (χ0v) is 15.9. The molecule has 0 spiro atoms. The lowest BCUT2D eigenvalue weighted by molar-refractivity contribution is -0.156. The molecule has 142 valence electrons. The number of Topliss-reactive ketones (excluding diaryl/α,β-unsaturated/α-hetero) is 1. The third-order valence-corrected chi connectivity index (χ3v) is 5.06. The SMILES string of the molecule is COC(=O)C(C(C)C)N(CC(=O)c1ccccc1)C(=O)C1CCCCC1. The largest absolute Gasteiger partial charge is 0.467 e. The van der Waals surface area contributed by atoms with Crippen molar-refractivity contribution in [2.75, 3.05) is 13.7 Å². The van der Waals surface area contributed by atoms with Gasteiger partial charge >= 0.3 is 5.97 Å². The van der Waals surface area contributed by atoms with Crippen LogP contribution in [-0.2, 0) is 14.3 Å². The summed E-state index contributed by atoms with van der Waals surface area (Å²) in [4.78, 5) is 39.8. The number of rotatable bonds is 7. The average molecular weight is 359 g/mol. The Balaban J connectivity index is 2.28. The third kappa shape index (κ3) is 4.93. The Bertz CT molecular complexity index is 620.